The van der Waals surface area contributed by atoms with Gasteiger partial charge in [0.1, 0.15) is 10.9 Å². The maximum absolute atomic E-state index is 6.05. The number of methoxy groups -OCH3 is 1. The molecule has 1 aromatic carbocycles. The molecule has 0 aliphatic rings. The molecule has 0 atom stereocenters. The van der Waals surface area contributed by atoms with Gasteiger partial charge in [-0.15, -0.1) is 0 Å². The van der Waals surface area contributed by atoms with Crippen molar-refractivity contribution in [2.24, 2.45) is 5.10 Å². The summed E-state index contributed by atoms with van der Waals surface area (Å²) < 4.78 is 5.17. The first-order chi connectivity index (χ1) is 8.24. The number of hydrogen-bond acceptors (Lipinski definition) is 4. The molecule has 17 heavy (non-hydrogen) atoms. The number of nitrogens with zero attached hydrogens (tertiary/aromatic N) is 2. The van der Waals surface area contributed by atoms with Gasteiger partial charge in [0.05, 0.1) is 18.8 Å². The van der Waals surface area contributed by atoms with Crippen molar-refractivity contribution in [2.75, 3.05) is 14.2 Å². The molecule has 0 unspecified atom stereocenters. The molecule has 0 radical (unpaired) electrons. The zero-order chi connectivity index (χ0) is 12.3. The van der Waals surface area contributed by atoms with Gasteiger partial charge in [-0.25, -0.2) is 4.98 Å². The number of hydrazone groups is 1. The fourth-order valence-corrected chi connectivity index (χ4v) is 1.69. The summed E-state index contributed by atoms with van der Waals surface area (Å²) in [6, 6.07) is 7.56. The third kappa shape index (κ3) is 2.47. The number of rotatable bonds is 3. The Kier molecular flexibility index (Phi) is 3.44. The van der Waals surface area contributed by atoms with Crippen LogP contribution in [0.3, 0.4) is 0 Å². The van der Waals surface area contributed by atoms with Crippen molar-refractivity contribution < 1.29 is 4.74 Å². The standard InChI is InChI=1S/C12H12ClN3O/c1-14-15-7-9-5-8-6-10(17-2)3-4-11(8)16-12(9)13/h3-7,14H,1-2H3. The molecular weight excluding hydrogens is 238 g/mol. The van der Waals surface area contributed by atoms with Crippen molar-refractivity contribution in [3.8, 4) is 5.75 Å². The van der Waals surface area contributed by atoms with E-state index in [1.807, 2.05) is 24.3 Å². The summed E-state index contributed by atoms with van der Waals surface area (Å²) in [5.41, 5.74) is 4.27. The van der Waals surface area contributed by atoms with Gasteiger partial charge in [-0.3, -0.25) is 0 Å². The van der Waals surface area contributed by atoms with E-state index in [9.17, 15) is 0 Å². The number of halogens is 1. The number of nitrogens with one attached hydrogen (secondary N) is 1. The Labute approximate surface area is 104 Å². The van der Waals surface area contributed by atoms with Crippen molar-refractivity contribution in [1.29, 1.82) is 0 Å². The van der Waals surface area contributed by atoms with E-state index >= 15 is 0 Å². The van der Waals surface area contributed by atoms with Crippen LogP contribution in [0.1, 0.15) is 5.56 Å². The quantitative estimate of drug-likeness (QED) is 0.516. The average Bonchev–Trinajstić information content (AvgIpc) is 2.35. The van der Waals surface area contributed by atoms with Crippen LogP contribution in [0.4, 0.5) is 0 Å². The van der Waals surface area contributed by atoms with Gasteiger partial charge in [-0.1, -0.05) is 11.6 Å². The summed E-state index contributed by atoms with van der Waals surface area (Å²) in [6.07, 6.45) is 1.63. The molecule has 0 fully saturated rings. The van der Waals surface area contributed by atoms with Gasteiger partial charge < -0.3 is 10.2 Å². The molecule has 2 rings (SSSR count). The summed E-state index contributed by atoms with van der Waals surface area (Å²) in [4.78, 5) is 4.29. The second-order valence-corrected chi connectivity index (χ2v) is 3.77. The Morgan fingerprint density at radius 1 is 1.41 bits per heavy atom. The minimum Gasteiger partial charge on any atom is -0.497 e. The van der Waals surface area contributed by atoms with Gasteiger partial charge in [0, 0.05) is 18.0 Å². The molecule has 1 N–H and O–H groups in total. The average molecular weight is 250 g/mol. The minimum absolute atomic E-state index is 0.432. The van der Waals surface area contributed by atoms with Crippen LogP contribution in [0, 0.1) is 0 Å². The Hall–Kier alpha value is -1.81. The maximum atomic E-state index is 6.05. The van der Waals surface area contributed by atoms with Gasteiger partial charge in [0.25, 0.3) is 0 Å². The van der Waals surface area contributed by atoms with Gasteiger partial charge in [-0.05, 0) is 24.3 Å². The highest BCUT2D eigenvalue weighted by Crippen LogP contribution is 2.23. The lowest BCUT2D eigenvalue weighted by atomic mass is 10.1. The largest absolute Gasteiger partial charge is 0.497 e. The number of fused-ring (bicyclic) bond motifs is 1. The third-order valence-electron chi connectivity index (χ3n) is 2.34. The number of hydrogen-bond donors (Lipinski definition) is 1. The monoisotopic (exact) mass is 249 g/mol. The molecule has 0 aliphatic carbocycles. The Morgan fingerprint density at radius 3 is 2.94 bits per heavy atom. The Balaban J connectivity index is 2.56. The van der Waals surface area contributed by atoms with Gasteiger partial charge >= 0.3 is 0 Å². The predicted molar refractivity (Wildman–Crippen MR) is 70.0 cm³/mol. The molecule has 0 amide bonds. The van der Waals surface area contributed by atoms with Gasteiger partial charge in [-0.2, -0.15) is 5.10 Å². The van der Waals surface area contributed by atoms with E-state index < -0.39 is 0 Å². The van der Waals surface area contributed by atoms with Crippen molar-refractivity contribution in [1.82, 2.24) is 10.4 Å². The molecule has 1 aromatic heterocycles. The first-order valence-electron chi connectivity index (χ1n) is 5.08. The normalized spacial score (nSPS) is 11.0. The Bertz CT molecular complexity index is 569. The summed E-state index contributed by atoms with van der Waals surface area (Å²) in [7, 11) is 3.36. The SMILES string of the molecule is CNN=Cc1cc2cc(OC)ccc2nc1Cl. The second kappa shape index (κ2) is 5.01. The number of benzene rings is 1. The third-order valence-corrected chi connectivity index (χ3v) is 2.64. The van der Waals surface area contributed by atoms with Crippen LogP contribution < -0.4 is 10.2 Å². The van der Waals surface area contributed by atoms with E-state index in [4.69, 9.17) is 16.3 Å². The topological polar surface area (TPSA) is 46.5 Å². The summed E-state index contributed by atoms with van der Waals surface area (Å²) >= 11 is 6.05. The Morgan fingerprint density at radius 2 is 2.24 bits per heavy atom. The molecule has 2 aromatic rings. The van der Waals surface area contributed by atoms with E-state index in [1.165, 1.54) is 0 Å². The summed E-state index contributed by atoms with van der Waals surface area (Å²) in [5, 5.41) is 5.32. The van der Waals surface area contributed by atoms with Crippen LogP contribution in [-0.4, -0.2) is 25.4 Å². The van der Waals surface area contributed by atoms with Crippen molar-refractivity contribution >= 4 is 28.7 Å². The van der Waals surface area contributed by atoms with Crippen molar-refractivity contribution in [3.05, 3.63) is 35.0 Å². The molecule has 5 heteroatoms. The molecule has 0 bridgehead atoms. The van der Waals surface area contributed by atoms with Crippen LogP contribution in [0.5, 0.6) is 5.75 Å². The lowest BCUT2D eigenvalue weighted by molar-refractivity contribution is 0.415. The van der Waals surface area contributed by atoms with Gasteiger partial charge in [0.15, 0.2) is 0 Å². The maximum Gasteiger partial charge on any atom is 0.138 e. The fraction of sp³-hybridized carbons (Fsp3) is 0.167. The van der Waals surface area contributed by atoms with E-state index in [-0.39, 0.29) is 0 Å². The van der Waals surface area contributed by atoms with E-state index in [0.29, 0.717) is 5.15 Å². The van der Waals surface area contributed by atoms with Crippen LogP contribution in [0.25, 0.3) is 10.9 Å². The predicted octanol–water partition coefficient (Wildman–Crippen LogP) is 2.45. The lowest BCUT2D eigenvalue weighted by Gasteiger charge is -2.04. The van der Waals surface area contributed by atoms with Crippen LogP contribution in [0.15, 0.2) is 29.4 Å². The van der Waals surface area contributed by atoms with E-state index in [2.05, 4.69) is 15.5 Å². The molecule has 0 saturated heterocycles. The number of ether oxygens (including phenoxy) is 1. The second-order valence-electron chi connectivity index (χ2n) is 3.41. The van der Waals surface area contributed by atoms with Crippen LogP contribution >= 0.6 is 11.6 Å². The molecule has 4 nitrogen and oxygen atoms in total. The molecule has 0 saturated carbocycles. The van der Waals surface area contributed by atoms with Crippen LogP contribution in [-0.2, 0) is 0 Å². The van der Waals surface area contributed by atoms with E-state index in [1.54, 1.807) is 20.4 Å². The van der Waals surface area contributed by atoms with Gasteiger partial charge in [0.2, 0.25) is 0 Å². The highest BCUT2D eigenvalue weighted by atomic mass is 35.5. The minimum atomic E-state index is 0.432. The molecular formula is C12H12ClN3O. The zero-order valence-corrected chi connectivity index (χ0v) is 10.3. The van der Waals surface area contributed by atoms with Crippen LogP contribution in [0.2, 0.25) is 5.15 Å². The molecule has 0 aliphatic heterocycles. The lowest BCUT2D eigenvalue weighted by Crippen LogP contribution is -1.96. The summed E-state index contributed by atoms with van der Waals surface area (Å²) in [6.45, 7) is 0. The molecule has 88 valence electrons. The smallest absolute Gasteiger partial charge is 0.138 e. The van der Waals surface area contributed by atoms with E-state index in [0.717, 1.165) is 22.2 Å². The highest BCUT2D eigenvalue weighted by molar-refractivity contribution is 6.32. The fourth-order valence-electron chi connectivity index (χ4n) is 1.50. The number of aromatic nitrogens is 1. The van der Waals surface area contributed by atoms with Crippen molar-refractivity contribution in [3.63, 3.8) is 0 Å². The number of pyridine rings is 1. The molecule has 1 heterocycles. The molecule has 0 spiro atoms. The first-order valence-corrected chi connectivity index (χ1v) is 5.46. The zero-order valence-electron chi connectivity index (χ0n) is 9.57. The highest BCUT2D eigenvalue weighted by Gasteiger charge is 2.04. The van der Waals surface area contributed by atoms with Crippen molar-refractivity contribution in [2.45, 2.75) is 0 Å². The summed E-state index contributed by atoms with van der Waals surface area (Å²) in [5.74, 6) is 0.790. The first kappa shape index (κ1) is 11.7.